The van der Waals surface area contributed by atoms with Crippen LogP contribution in [0.2, 0.25) is 0 Å². The molecule has 3 heterocycles. The van der Waals surface area contributed by atoms with Crippen LogP contribution in [0, 0.1) is 11.8 Å². The van der Waals surface area contributed by atoms with Gasteiger partial charge in [-0.15, -0.1) is 11.8 Å². The Morgan fingerprint density at radius 1 is 1.00 bits per heavy atom. The number of aliphatic imine (C=N–C) groups is 1. The second-order valence-electron chi connectivity index (χ2n) is 11.4. The third-order valence-corrected chi connectivity index (χ3v) is 8.24. The van der Waals surface area contributed by atoms with Crippen LogP contribution in [0.4, 0.5) is 5.69 Å². The van der Waals surface area contributed by atoms with Crippen LogP contribution in [0.1, 0.15) is 52.7 Å². The predicted octanol–water partition coefficient (Wildman–Crippen LogP) is 7.43. The van der Waals surface area contributed by atoms with Gasteiger partial charge >= 0.3 is 0 Å². The lowest BCUT2D eigenvalue weighted by Crippen LogP contribution is -2.31. The van der Waals surface area contributed by atoms with E-state index in [1.54, 1.807) is 0 Å². The van der Waals surface area contributed by atoms with Gasteiger partial charge in [-0.25, -0.2) is 0 Å². The van der Waals surface area contributed by atoms with E-state index in [9.17, 15) is 0 Å². The maximum absolute atomic E-state index is 6.34. The zero-order valence-electron chi connectivity index (χ0n) is 22.9. The molecular weight excluding hydrogens is 476 g/mol. The average Bonchev–Trinajstić information content (AvgIpc) is 3.62. The van der Waals surface area contributed by atoms with Gasteiger partial charge in [-0.05, 0) is 68.5 Å². The maximum Gasteiger partial charge on any atom is 0.130 e. The summed E-state index contributed by atoms with van der Waals surface area (Å²) >= 11 is 1.90. The van der Waals surface area contributed by atoms with Gasteiger partial charge in [0.15, 0.2) is 0 Å². The van der Waals surface area contributed by atoms with E-state index in [4.69, 9.17) is 9.73 Å². The number of anilines is 1. The van der Waals surface area contributed by atoms with Gasteiger partial charge in [-0.1, -0.05) is 45.9 Å². The van der Waals surface area contributed by atoms with Crippen LogP contribution in [0.3, 0.4) is 0 Å². The zero-order valence-corrected chi connectivity index (χ0v) is 23.7. The molecule has 0 bridgehead atoms. The first kappa shape index (κ1) is 26.2. The Morgan fingerprint density at radius 3 is 2.43 bits per heavy atom. The Hall–Kier alpha value is -2.44. The van der Waals surface area contributed by atoms with Crippen molar-refractivity contribution in [3.05, 3.63) is 54.2 Å². The molecule has 2 aliphatic rings. The van der Waals surface area contributed by atoms with Crippen molar-refractivity contribution in [2.24, 2.45) is 16.8 Å². The molecule has 0 unspecified atom stereocenters. The molecule has 0 spiro atoms. The highest BCUT2D eigenvalue weighted by Crippen LogP contribution is 2.37. The molecule has 0 saturated carbocycles. The summed E-state index contributed by atoms with van der Waals surface area (Å²) in [5.74, 6) is 3.95. The minimum atomic E-state index is 0.418. The summed E-state index contributed by atoms with van der Waals surface area (Å²) < 4.78 is 6.34. The normalized spacial score (nSPS) is 18.3. The number of benzene rings is 2. The number of para-hydroxylation sites is 1. The molecule has 2 aliphatic heterocycles. The third-order valence-electron chi connectivity index (χ3n) is 7.09. The summed E-state index contributed by atoms with van der Waals surface area (Å²) in [6.45, 7) is 14.9. The molecule has 1 saturated heterocycles. The standard InChI is InChI=1S/C31H42N4OS/c1-22(2)19-35(20-23(3)4)29-18-27(36-26-10-6-5-7-11-26)16-24-17-28(33-30(24)29)31-32-25(21-37-31)12-15-34-13-8-9-14-34/h5-7,10-11,16-18,22-23,25,33H,8-9,12-15,19-21H2,1-4H3/t25-/m0/s1. The molecule has 5 rings (SSSR count). The van der Waals surface area contributed by atoms with E-state index in [2.05, 4.69) is 60.7 Å². The molecule has 0 radical (unpaired) electrons. The summed E-state index contributed by atoms with van der Waals surface area (Å²) in [5.41, 5.74) is 3.53. The first-order valence-electron chi connectivity index (χ1n) is 14.0. The molecule has 5 nitrogen and oxygen atoms in total. The van der Waals surface area contributed by atoms with Crippen molar-refractivity contribution in [2.45, 2.75) is 53.0 Å². The molecule has 1 atom stereocenters. The summed E-state index contributed by atoms with van der Waals surface area (Å²) in [4.78, 5) is 14.1. The number of nitrogens with zero attached hydrogens (tertiary/aromatic N) is 3. The van der Waals surface area contributed by atoms with Crippen LogP contribution >= 0.6 is 11.8 Å². The molecule has 37 heavy (non-hydrogen) atoms. The van der Waals surface area contributed by atoms with E-state index in [1.165, 1.54) is 49.1 Å². The van der Waals surface area contributed by atoms with Crippen LogP contribution in [0.15, 0.2) is 53.5 Å². The van der Waals surface area contributed by atoms with Crippen molar-refractivity contribution >= 4 is 33.4 Å². The first-order chi connectivity index (χ1) is 17.9. The Morgan fingerprint density at radius 2 is 1.73 bits per heavy atom. The summed E-state index contributed by atoms with van der Waals surface area (Å²) in [7, 11) is 0. The van der Waals surface area contributed by atoms with Gasteiger partial charge in [0, 0.05) is 36.8 Å². The fraction of sp³-hybridized carbons (Fsp3) is 0.516. The summed E-state index contributed by atoms with van der Waals surface area (Å²) in [5, 5.41) is 2.33. The van der Waals surface area contributed by atoms with Crippen molar-refractivity contribution < 1.29 is 4.74 Å². The topological polar surface area (TPSA) is 43.9 Å². The Bertz CT molecular complexity index is 1190. The lowest BCUT2D eigenvalue weighted by molar-refractivity contribution is 0.326. The van der Waals surface area contributed by atoms with Gasteiger partial charge in [0.1, 0.15) is 16.5 Å². The average molecular weight is 519 g/mol. The lowest BCUT2D eigenvalue weighted by Gasteiger charge is -2.29. The molecule has 2 aromatic carbocycles. The molecule has 0 aliphatic carbocycles. The van der Waals surface area contributed by atoms with Gasteiger partial charge in [0.25, 0.3) is 0 Å². The molecule has 0 amide bonds. The van der Waals surface area contributed by atoms with Gasteiger partial charge in [0.2, 0.25) is 0 Å². The van der Waals surface area contributed by atoms with Crippen molar-refractivity contribution in [1.29, 1.82) is 0 Å². The molecule has 198 valence electrons. The number of nitrogens with one attached hydrogen (secondary N) is 1. The largest absolute Gasteiger partial charge is 0.457 e. The second-order valence-corrected chi connectivity index (χ2v) is 12.4. The summed E-state index contributed by atoms with van der Waals surface area (Å²) in [6, 6.07) is 17.1. The van der Waals surface area contributed by atoms with Gasteiger partial charge < -0.3 is 19.5 Å². The highest BCUT2D eigenvalue weighted by molar-refractivity contribution is 8.14. The fourth-order valence-corrected chi connectivity index (χ4v) is 6.53. The minimum absolute atomic E-state index is 0.418. The molecule has 6 heteroatoms. The van der Waals surface area contributed by atoms with Crippen molar-refractivity contribution in [2.75, 3.05) is 43.4 Å². The quantitative estimate of drug-likeness (QED) is 0.287. The Kier molecular flexibility index (Phi) is 8.46. The van der Waals surface area contributed by atoms with E-state index in [0.717, 1.165) is 47.5 Å². The van der Waals surface area contributed by atoms with Crippen LogP contribution < -0.4 is 9.64 Å². The van der Waals surface area contributed by atoms with Gasteiger partial charge in [-0.2, -0.15) is 0 Å². The number of H-pyrrole nitrogens is 1. The van der Waals surface area contributed by atoms with Crippen LogP contribution in [-0.2, 0) is 0 Å². The summed E-state index contributed by atoms with van der Waals surface area (Å²) in [6.07, 6.45) is 3.87. The predicted molar refractivity (Wildman–Crippen MR) is 160 cm³/mol. The molecule has 3 aromatic rings. The monoisotopic (exact) mass is 518 g/mol. The first-order valence-corrected chi connectivity index (χ1v) is 15.0. The number of hydrogen-bond acceptors (Lipinski definition) is 5. The highest BCUT2D eigenvalue weighted by Gasteiger charge is 2.24. The van der Waals surface area contributed by atoms with Crippen molar-refractivity contribution in [1.82, 2.24) is 9.88 Å². The number of rotatable bonds is 11. The SMILES string of the molecule is CC(C)CN(CC(C)C)c1cc(Oc2ccccc2)cc2cc(C3=N[C@@H](CCN4CCCC4)CS3)[nH]c12. The van der Waals surface area contributed by atoms with Crippen LogP contribution in [-0.4, -0.2) is 59.4 Å². The van der Waals surface area contributed by atoms with E-state index in [1.807, 2.05) is 42.1 Å². The van der Waals surface area contributed by atoms with E-state index in [-0.39, 0.29) is 0 Å². The van der Waals surface area contributed by atoms with Crippen molar-refractivity contribution in [3.8, 4) is 11.5 Å². The van der Waals surface area contributed by atoms with Crippen molar-refractivity contribution in [3.63, 3.8) is 0 Å². The number of hydrogen-bond donors (Lipinski definition) is 1. The number of aromatic nitrogens is 1. The number of aromatic amines is 1. The van der Waals surface area contributed by atoms with Crippen LogP contribution in [0.25, 0.3) is 10.9 Å². The third kappa shape index (κ3) is 6.71. The fourth-order valence-electron chi connectivity index (χ4n) is 5.45. The Balaban J connectivity index is 1.46. The zero-order chi connectivity index (χ0) is 25.8. The minimum Gasteiger partial charge on any atom is -0.457 e. The highest BCUT2D eigenvalue weighted by atomic mass is 32.2. The van der Waals surface area contributed by atoms with Crippen LogP contribution in [0.5, 0.6) is 11.5 Å². The lowest BCUT2D eigenvalue weighted by atomic mass is 10.1. The second kappa shape index (κ2) is 12.0. The molecule has 1 aromatic heterocycles. The number of fused-ring (bicyclic) bond motifs is 1. The van der Waals surface area contributed by atoms with E-state index < -0.39 is 0 Å². The Labute approximate surface area is 226 Å². The maximum atomic E-state index is 6.34. The molecule has 1 fully saturated rings. The smallest absolute Gasteiger partial charge is 0.130 e. The van der Waals surface area contributed by atoms with Gasteiger partial charge in [-0.3, -0.25) is 4.99 Å². The number of thioether (sulfide) groups is 1. The molecular formula is C31H42N4OS. The molecule has 1 N–H and O–H groups in total. The van der Waals surface area contributed by atoms with E-state index >= 15 is 0 Å². The number of ether oxygens (including phenoxy) is 1. The van der Waals surface area contributed by atoms with Gasteiger partial charge in [0.05, 0.1) is 22.9 Å². The number of likely N-dealkylation sites (tertiary alicyclic amines) is 1. The van der Waals surface area contributed by atoms with E-state index in [0.29, 0.717) is 17.9 Å².